The molecule has 0 aliphatic heterocycles. The molecule has 0 bridgehead atoms. The van der Waals surface area contributed by atoms with E-state index in [4.69, 9.17) is 0 Å². The number of thiazole rings is 1. The van der Waals surface area contributed by atoms with E-state index < -0.39 is 0 Å². The second-order valence-corrected chi connectivity index (χ2v) is 6.71. The zero-order chi connectivity index (χ0) is 18.1. The number of benzene rings is 1. The van der Waals surface area contributed by atoms with Crippen molar-refractivity contribution in [3.8, 4) is 0 Å². The number of carbonyl (C=O) groups excluding carboxylic acids is 1. The summed E-state index contributed by atoms with van der Waals surface area (Å²) < 4.78 is 0. The molecular formula is C18H26IN5OS. The van der Waals surface area contributed by atoms with E-state index in [9.17, 15) is 4.79 Å². The molecule has 0 saturated carbocycles. The minimum absolute atomic E-state index is 0. The number of nitrogens with zero attached hydrogens (tertiary/aromatic N) is 3. The molecule has 26 heavy (non-hydrogen) atoms. The van der Waals surface area contributed by atoms with Gasteiger partial charge < -0.3 is 15.5 Å². The third kappa shape index (κ3) is 7.69. The van der Waals surface area contributed by atoms with Gasteiger partial charge in [-0.15, -0.1) is 35.3 Å². The van der Waals surface area contributed by atoms with Crippen LogP contribution < -0.4 is 10.6 Å². The average Bonchev–Trinajstić information content (AvgIpc) is 3.02. The standard InChI is InChI=1S/C18H25N5OS.HI/c1-4-19-18(23(3)12-16-13-25-14(2)22-16)21-11-17(24)20-10-15-8-6-5-7-9-15;/h5-9,13H,4,10-12H2,1-3H3,(H,19,21)(H,20,24);1H. The molecule has 2 rings (SSSR count). The third-order valence-electron chi connectivity index (χ3n) is 3.47. The number of halogens is 1. The molecule has 0 spiro atoms. The first kappa shape index (κ1) is 22.4. The number of aliphatic imine (C=N–C) groups is 1. The van der Waals surface area contributed by atoms with Gasteiger partial charge in [0.1, 0.15) is 6.54 Å². The van der Waals surface area contributed by atoms with E-state index in [2.05, 4.69) is 20.6 Å². The Labute approximate surface area is 176 Å². The Balaban J connectivity index is 0.00000338. The SMILES string of the molecule is CCNC(=NCC(=O)NCc1ccccc1)N(C)Cc1csc(C)n1.I. The molecule has 8 heteroatoms. The van der Waals surface area contributed by atoms with E-state index >= 15 is 0 Å². The minimum atomic E-state index is -0.0999. The molecule has 2 aromatic rings. The zero-order valence-electron chi connectivity index (χ0n) is 15.4. The Morgan fingerprint density at radius 1 is 1.27 bits per heavy atom. The number of nitrogens with one attached hydrogen (secondary N) is 2. The predicted molar refractivity (Wildman–Crippen MR) is 118 cm³/mol. The van der Waals surface area contributed by atoms with Gasteiger partial charge in [0, 0.05) is 25.5 Å². The molecule has 1 aromatic heterocycles. The molecule has 0 aliphatic carbocycles. The number of rotatable bonds is 7. The van der Waals surface area contributed by atoms with Gasteiger partial charge >= 0.3 is 0 Å². The van der Waals surface area contributed by atoms with Gasteiger partial charge in [-0.3, -0.25) is 4.79 Å². The molecule has 6 nitrogen and oxygen atoms in total. The average molecular weight is 487 g/mol. The van der Waals surface area contributed by atoms with Crippen LogP contribution in [0.25, 0.3) is 0 Å². The predicted octanol–water partition coefficient (Wildman–Crippen LogP) is 2.78. The largest absolute Gasteiger partial charge is 0.357 e. The number of carbonyl (C=O) groups is 1. The van der Waals surface area contributed by atoms with E-state index in [1.54, 1.807) is 11.3 Å². The maximum Gasteiger partial charge on any atom is 0.242 e. The lowest BCUT2D eigenvalue weighted by Gasteiger charge is -2.21. The van der Waals surface area contributed by atoms with Crippen molar-refractivity contribution in [1.82, 2.24) is 20.5 Å². The summed E-state index contributed by atoms with van der Waals surface area (Å²) in [6.45, 7) is 6.00. The first-order chi connectivity index (χ1) is 12.1. The van der Waals surface area contributed by atoms with Gasteiger partial charge in [0.15, 0.2) is 5.96 Å². The lowest BCUT2D eigenvalue weighted by Crippen LogP contribution is -2.39. The Hall–Kier alpha value is -1.68. The van der Waals surface area contributed by atoms with Crippen LogP contribution in [0.15, 0.2) is 40.7 Å². The highest BCUT2D eigenvalue weighted by molar-refractivity contribution is 14.0. The van der Waals surface area contributed by atoms with Crippen LogP contribution in [0, 0.1) is 6.92 Å². The molecule has 2 N–H and O–H groups in total. The van der Waals surface area contributed by atoms with Crippen molar-refractivity contribution in [2.45, 2.75) is 26.9 Å². The van der Waals surface area contributed by atoms with Crippen molar-refractivity contribution in [3.05, 3.63) is 52.0 Å². The van der Waals surface area contributed by atoms with Crippen LogP contribution in [0.4, 0.5) is 0 Å². The highest BCUT2D eigenvalue weighted by Crippen LogP contribution is 2.09. The molecule has 0 radical (unpaired) electrons. The lowest BCUT2D eigenvalue weighted by atomic mass is 10.2. The number of aryl methyl sites for hydroxylation is 1. The second-order valence-electron chi connectivity index (χ2n) is 5.65. The topological polar surface area (TPSA) is 69.6 Å². The fraction of sp³-hybridized carbons (Fsp3) is 0.389. The molecule has 0 fully saturated rings. The lowest BCUT2D eigenvalue weighted by molar-refractivity contribution is -0.119. The van der Waals surface area contributed by atoms with E-state index in [1.165, 1.54) is 0 Å². The molecule has 0 unspecified atom stereocenters. The first-order valence-electron chi connectivity index (χ1n) is 8.29. The monoisotopic (exact) mass is 487 g/mol. The number of aromatic nitrogens is 1. The van der Waals surface area contributed by atoms with E-state index in [1.807, 2.05) is 61.5 Å². The second kappa shape index (κ2) is 11.8. The highest BCUT2D eigenvalue weighted by Gasteiger charge is 2.09. The Bertz CT molecular complexity index is 705. The van der Waals surface area contributed by atoms with Crippen LogP contribution in [-0.2, 0) is 17.9 Å². The zero-order valence-corrected chi connectivity index (χ0v) is 18.5. The summed E-state index contributed by atoms with van der Waals surface area (Å²) in [4.78, 5) is 22.9. The Kier molecular flexibility index (Phi) is 10.2. The summed E-state index contributed by atoms with van der Waals surface area (Å²) >= 11 is 1.63. The van der Waals surface area contributed by atoms with Crippen molar-refractivity contribution in [3.63, 3.8) is 0 Å². The molecular weight excluding hydrogens is 461 g/mol. The Morgan fingerprint density at radius 3 is 2.62 bits per heavy atom. The van der Waals surface area contributed by atoms with Gasteiger partial charge in [-0.1, -0.05) is 30.3 Å². The number of guanidine groups is 1. The summed E-state index contributed by atoms with van der Waals surface area (Å²) in [6, 6.07) is 9.84. The maximum absolute atomic E-state index is 12.0. The third-order valence-corrected chi connectivity index (χ3v) is 4.29. The van der Waals surface area contributed by atoms with Crippen LogP contribution >= 0.6 is 35.3 Å². The van der Waals surface area contributed by atoms with E-state index in [0.717, 1.165) is 22.8 Å². The van der Waals surface area contributed by atoms with Gasteiger partial charge in [0.2, 0.25) is 5.91 Å². The number of hydrogen-bond donors (Lipinski definition) is 2. The summed E-state index contributed by atoms with van der Waals surface area (Å²) in [6.07, 6.45) is 0. The summed E-state index contributed by atoms with van der Waals surface area (Å²) in [5.41, 5.74) is 2.08. The summed E-state index contributed by atoms with van der Waals surface area (Å²) in [7, 11) is 1.94. The Morgan fingerprint density at radius 2 is 2.00 bits per heavy atom. The van der Waals surface area contributed by atoms with Gasteiger partial charge in [-0.2, -0.15) is 0 Å². The highest BCUT2D eigenvalue weighted by atomic mass is 127. The van der Waals surface area contributed by atoms with E-state index in [-0.39, 0.29) is 36.4 Å². The molecule has 1 aromatic carbocycles. The van der Waals surface area contributed by atoms with Crippen molar-refractivity contribution in [2.75, 3.05) is 20.1 Å². The van der Waals surface area contributed by atoms with Crippen molar-refractivity contribution < 1.29 is 4.79 Å². The van der Waals surface area contributed by atoms with Gasteiger partial charge in [0.05, 0.1) is 17.2 Å². The molecule has 1 amide bonds. The fourth-order valence-corrected chi connectivity index (χ4v) is 2.87. The van der Waals surface area contributed by atoms with Gasteiger partial charge in [-0.25, -0.2) is 9.98 Å². The summed E-state index contributed by atoms with van der Waals surface area (Å²) in [5, 5.41) is 9.19. The van der Waals surface area contributed by atoms with E-state index in [0.29, 0.717) is 19.0 Å². The number of hydrogen-bond acceptors (Lipinski definition) is 4. The quantitative estimate of drug-likeness (QED) is 0.358. The molecule has 0 aliphatic rings. The van der Waals surface area contributed by atoms with Crippen molar-refractivity contribution >= 4 is 47.2 Å². The molecule has 0 saturated heterocycles. The normalized spacial score (nSPS) is 10.8. The molecule has 1 heterocycles. The summed E-state index contributed by atoms with van der Waals surface area (Å²) in [5.74, 6) is 0.597. The van der Waals surface area contributed by atoms with Crippen molar-refractivity contribution in [2.24, 2.45) is 4.99 Å². The van der Waals surface area contributed by atoms with Gasteiger partial charge in [0.25, 0.3) is 0 Å². The van der Waals surface area contributed by atoms with Crippen molar-refractivity contribution in [1.29, 1.82) is 0 Å². The molecule has 0 atom stereocenters. The van der Waals surface area contributed by atoms with Crippen LogP contribution in [0.2, 0.25) is 0 Å². The fourth-order valence-electron chi connectivity index (χ4n) is 2.27. The van der Waals surface area contributed by atoms with Crippen LogP contribution in [0.5, 0.6) is 0 Å². The minimum Gasteiger partial charge on any atom is -0.357 e. The first-order valence-corrected chi connectivity index (χ1v) is 9.17. The number of amides is 1. The van der Waals surface area contributed by atoms with Crippen LogP contribution in [-0.4, -0.2) is 41.9 Å². The van der Waals surface area contributed by atoms with Crippen LogP contribution in [0.3, 0.4) is 0 Å². The molecule has 142 valence electrons. The maximum atomic E-state index is 12.0. The van der Waals surface area contributed by atoms with Gasteiger partial charge in [-0.05, 0) is 19.4 Å². The van der Waals surface area contributed by atoms with Crippen LogP contribution in [0.1, 0.15) is 23.2 Å². The smallest absolute Gasteiger partial charge is 0.242 e.